The number of nitrogens with one attached hydrogen (secondary N) is 3. The summed E-state index contributed by atoms with van der Waals surface area (Å²) in [5, 5.41) is 7.01. The van der Waals surface area contributed by atoms with Crippen LogP contribution in [0.1, 0.15) is 31.1 Å². The number of imide groups is 1. The Kier molecular flexibility index (Phi) is 6.72. The number of carbonyl (C=O) groups is 4. The summed E-state index contributed by atoms with van der Waals surface area (Å²) in [5.41, 5.74) is 0.757. The van der Waals surface area contributed by atoms with Crippen LogP contribution < -0.4 is 16.0 Å². The van der Waals surface area contributed by atoms with Crippen molar-refractivity contribution in [3.63, 3.8) is 0 Å². The molecule has 1 aromatic carbocycles. The summed E-state index contributed by atoms with van der Waals surface area (Å²) < 4.78 is 4.98. The van der Waals surface area contributed by atoms with E-state index in [1.54, 1.807) is 6.92 Å². The number of rotatable bonds is 5. The van der Waals surface area contributed by atoms with Gasteiger partial charge in [-0.1, -0.05) is 0 Å². The van der Waals surface area contributed by atoms with Gasteiger partial charge in [-0.3, -0.25) is 14.9 Å². The summed E-state index contributed by atoms with van der Waals surface area (Å²) in [6, 6.07) is 5.35. The van der Waals surface area contributed by atoms with Gasteiger partial charge in [-0.05, 0) is 38.1 Å². The molecule has 0 fully saturated rings. The molecule has 1 rings (SSSR count). The van der Waals surface area contributed by atoms with Crippen molar-refractivity contribution in [1.29, 1.82) is 0 Å². The Bertz CT molecular complexity index is 598. The molecule has 0 saturated heterocycles. The van der Waals surface area contributed by atoms with Gasteiger partial charge in [0.15, 0.2) is 6.10 Å². The fourth-order valence-electron chi connectivity index (χ4n) is 1.59. The van der Waals surface area contributed by atoms with E-state index in [0.717, 1.165) is 0 Å². The van der Waals surface area contributed by atoms with Crippen molar-refractivity contribution in [2.24, 2.45) is 0 Å². The summed E-state index contributed by atoms with van der Waals surface area (Å²) in [6.07, 6.45) is -1.12. The first-order valence-electron chi connectivity index (χ1n) is 7.00. The van der Waals surface area contributed by atoms with E-state index in [1.165, 1.54) is 38.1 Å². The summed E-state index contributed by atoms with van der Waals surface area (Å²) in [5.74, 6) is -1.66. The predicted octanol–water partition coefficient (Wildman–Crippen LogP) is 1.04. The first kappa shape index (κ1) is 18.1. The molecule has 8 nitrogen and oxygen atoms in total. The number of amides is 4. The Morgan fingerprint density at radius 1 is 1.13 bits per heavy atom. The first-order chi connectivity index (χ1) is 10.8. The van der Waals surface area contributed by atoms with Crippen molar-refractivity contribution < 1.29 is 23.9 Å². The summed E-state index contributed by atoms with van der Waals surface area (Å²) in [7, 11) is 0. The highest BCUT2D eigenvalue weighted by molar-refractivity contribution is 5.98. The summed E-state index contributed by atoms with van der Waals surface area (Å²) in [4.78, 5) is 45.7. The van der Waals surface area contributed by atoms with Crippen LogP contribution in [0.3, 0.4) is 0 Å². The van der Waals surface area contributed by atoms with Crippen LogP contribution in [-0.4, -0.2) is 36.5 Å². The van der Waals surface area contributed by atoms with Crippen molar-refractivity contribution in [3.8, 4) is 0 Å². The second kappa shape index (κ2) is 8.52. The molecule has 0 aromatic heterocycles. The number of benzene rings is 1. The maximum Gasteiger partial charge on any atom is 0.338 e. The van der Waals surface area contributed by atoms with E-state index in [4.69, 9.17) is 4.74 Å². The zero-order valence-corrected chi connectivity index (χ0v) is 13.1. The number of esters is 1. The van der Waals surface area contributed by atoms with Gasteiger partial charge < -0.3 is 15.4 Å². The number of hydrogen-bond acceptors (Lipinski definition) is 5. The zero-order valence-electron chi connectivity index (χ0n) is 13.1. The van der Waals surface area contributed by atoms with E-state index in [9.17, 15) is 19.2 Å². The number of anilines is 1. The lowest BCUT2D eigenvalue weighted by Gasteiger charge is -2.13. The molecule has 0 saturated carbocycles. The molecule has 0 radical (unpaired) electrons. The van der Waals surface area contributed by atoms with Crippen molar-refractivity contribution >= 4 is 29.5 Å². The average Bonchev–Trinajstić information content (AvgIpc) is 2.47. The molecule has 0 spiro atoms. The van der Waals surface area contributed by atoms with Crippen LogP contribution >= 0.6 is 0 Å². The molecule has 4 amide bonds. The highest BCUT2D eigenvalue weighted by Gasteiger charge is 2.20. The average molecular weight is 321 g/mol. The van der Waals surface area contributed by atoms with Gasteiger partial charge in [0, 0.05) is 19.2 Å². The quantitative estimate of drug-likeness (QED) is 0.701. The van der Waals surface area contributed by atoms with Gasteiger partial charge in [-0.2, -0.15) is 0 Å². The molecule has 1 atom stereocenters. The molecule has 0 aliphatic rings. The molecule has 3 N–H and O–H groups in total. The van der Waals surface area contributed by atoms with Crippen molar-refractivity contribution in [1.82, 2.24) is 10.6 Å². The summed E-state index contributed by atoms with van der Waals surface area (Å²) in [6.45, 7) is 4.81. The monoisotopic (exact) mass is 321 g/mol. The van der Waals surface area contributed by atoms with E-state index < -0.39 is 24.0 Å². The maximum absolute atomic E-state index is 11.9. The van der Waals surface area contributed by atoms with Crippen LogP contribution in [0.5, 0.6) is 0 Å². The fraction of sp³-hybridized carbons (Fsp3) is 0.333. The lowest BCUT2D eigenvalue weighted by atomic mass is 10.2. The van der Waals surface area contributed by atoms with Crippen molar-refractivity contribution in [3.05, 3.63) is 29.8 Å². The molecule has 8 heteroatoms. The Morgan fingerprint density at radius 2 is 1.74 bits per heavy atom. The summed E-state index contributed by atoms with van der Waals surface area (Å²) >= 11 is 0. The van der Waals surface area contributed by atoms with Crippen LogP contribution in [0.4, 0.5) is 10.5 Å². The van der Waals surface area contributed by atoms with Crippen LogP contribution in [0, 0.1) is 0 Å². The molecule has 0 heterocycles. The maximum atomic E-state index is 11.9. The molecule has 1 aromatic rings. The van der Waals surface area contributed by atoms with Crippen LogP contribution in [0.25, 0.3) is 0 Å². The van der Waals surface area contributed by atoms with Crippen molar-refractivity contribution in [2.75, 3.05) is 11.9 Å². The van der Waals surface area contributed by atoms with Gasteiger partial charge in [0.25, 0.3) is 5.91 Å². The van der Waals surface area contributed by atoms with Gasteiger partial charge in [0.1, 0.15) is 0 Å². The van der Waals surface area contributed by atoms with Crippen molar-refractivity contribution in [2.45, 2.75) is 26.9 Å². The van der Waals surface area contributed by atoms with E-state index >= 15 is 0 Å². The van der Waals surface area contributed by atoms with Gasteiger partial charge in [-0.15, -0.1) is 0 Å². The van der Waals surface area contributed by atoms with E-state index in [2.05, 4.69) is 16.0 Å². The largest absolute Gasteiger partial charge is 0.449 e. The Morgan fingerprint density at radius 3 is 2.26 bits per heavy atom. The van der Waals surface area contributed by atoms with E-state index in [0.29, 0.717) is 12.2 Å². The standard InChI is InChI=1S/C15H19N3O5/c1-4-16-15(22)18-13(20)9(2)23-14(21)11-5-7-12(8-6-11)17-10(3)19/h5-9H,4H2,1-3H3,(H,17,19)(H2,16,18,20,22). The third kappa shape index (κ3) is 6.16. The minimum Gasteiger partial charge on any atom is -0.449 e. The first-order valence-corrected chi connectivity index (χ1v) is 7.00. The second-order valence-electron chi connectivity index (χ2n) is 4.65. The number of hydrogen-bond donors (Lipinski definition) is 3. The van der Waals surface area contributed by atoms with Gasteiger partial charge in [0.2, 0.25) is 5.91 Å². The second-order valence-corrected chi connectivity index (χ2v) is 4.65. The predicted molar refractivity (Wildman–Crippen MR) is 82.8 cm³/mol. The lowest BCUT2D eigenvalue weighted by molar-refractivity contribution is -0.127. The third-order valence-corrected chi connectivity index (χ3v) is 2.67. The molecule has 1 unspecified atom stereocenters. The number of ether oxygens (including phenoxy) is 1. The number of urea groups is 1. The Labute approximate surface area is 133 Å². The topological polar surface area (TPSA) is 114 Å². The third-order valence-electron chi connectivity index (χ3n) is 2.67. The van der Waals surface area contributed by atoms with Crippen LogP contribution in [-0.2, 0) is 14.3 Å². The van der Waals surface area contributed by atoms with E-state index in [1.807, 2.05) is 0 Å². The highest BCUT2D eigenvalue weighted by Crippen LogP contribution is 2.11. The van der Waals surface area contributed by atoms with Gasteiger partial charge >= 0.3 is 12.0 Å². The highest BCUT2D eigenvalue weighted by atomic mass is 16.5. The molecule has 0 aliphatic heterocycles. The van der Waals surface area contributed by atoms with Gasteiger partial charge in [0.05, 0.1) is 5.56 Å². The molecule has 0 bridgehead atoms. The molecular weight excluding hydrogens is 302 g/mol. The molecule has 124 valence electrons. The Balaban J connectivity index is 2.59. The fourth-order valence-corrected chi connectivity index (χ4v) is 1.59. The normalized spacial score (nSPS) is 11.1. The van der Waals surface area contributed by atoms with E-state index in [-0.39, 0.29) is 11.5 Å². The zero-order chi connectivity index (χ0) is 17.4. The van der Waals surface area contributed by atoms with Crippen LogP contribution in [0.15, 0.2) is 24.3 Å². The van der Waals surface area contributed by atoms with Crippen LogP contribution in [0.2, 0.25) is 0 Å². The Hall–Kier alpha value is -2.90. The number of carbonyl (C=O) groups excluding carboxylic acids is 4. The molecule has 23 heavy (non-hydrogen) atoms. The van der Waals surface area contributed by atoms with Gasteiger partial charge in [-0.25, -0.2) is 9.59 Å². The lowest BCUT2D eigenvalue weighted by Crippen LogP contribution is -2.44. The minimum absolute atomic E-state index is 0.219. The molecule has 0 aliphatic carbocycles. The molecular formula is C15H19N3O5. The minimum atomic E-state index is -1.12. The smallest absolute Gasteiger partial charge is 0.338 e. The SMILES string of the molecule is CCNC(=O)NC(=O)C(C)OC(=O)c1ccc(NC(C)=O)cc1.